The molecule has 1 aliphatic carbocycles. The second-order valence-corrected chi connectivity index (χ2v) is 11.5. The first-order valence-corrected chi connectivity index (χ1v) is 13.3. The van der Waals surface area contributed by atoms with Gasteiger partial charge in [0.15, 0.2) is 5.78 Å². The summed E-state index contributed by atoms with van der Waals surface area (Å²) in [7, 11) is 0. The summed E-state index contributed by atoms with van der Waals surface area (Å²) in [5, 5.41) is 7.08. The topological polar surface area (TPSA) is 38.3 Å². The minimum absolute atomic E-state index is 0.101. The van der Waals surface area contributed by atoms with Crippen LogP contribution in [0.5, 0.6) is 5.75 Å². The van der Waals surface area contributed by atoms with Crippen molar-refractivity contribution >= 4 is 51.0 Å². The third-order valence-corrected chi connectivity index (χ3v) is 8.09. The number of benzene rings is 4. The molecule has 0 bridgehead atoms. The van der Waals surface area contributed by atoms with Crippen LogP contribution < -0.4 is 10.1 Å². The van der Waals surface area contributed by atoms with E-state index >= 15 is 0 Å². The van der Waals surface area contributed by atoms with E-state index in [9.17, 15) is 4.79 Å². The van der Waals surface area contributed by atoms with Crippen molar-refractivity contribution in [1.29, 1.82) is 0 Å². The van der Waals surface area contributed by atoms with Crippen LogP contribution in [-0.4, -0.2) is 5.78 Å². The molecule has 0 fully saturated rings. The Morgan fingerprint density at radius 1 is 0.919 bits per heavy atom. The summed E-state index contributed by atoms with van der Waals surface area (Å²) >= 11 is 12.3. The van der Waals surface area contributed by atoms with Crippen LogP contribution in [0.1, 0.15) is 49.4 Å². The fourth-order valence-electron chi connectivity index (χ4n) is 5.71. The Labute approximate surface area is 227 Å². The number of ether oxygens (including phenoxy) is 1. The molecule has 0 spiro atoms. The molecule has 1 heterocycles. The van der Waals surface area contributed by atoms with Gasteiger partial charge in [-0.3, -0.25) is 4.79 Å². The van der Waals surface area contributed by atoms with Gasteiger partial charge in [-0.05, 0) is 58.0 Å². The number of hydrogen-bond donors (Lipinski definition) is 1. The van der Waals surface area contributed by atoms with Gasteiger partial charge in [0, 0.05) is 28.8 Å². The summed E-state index contributed by atoms with van der Waals surface area (Å²) in [5.74, 6) is 0.932. The van der Waals surface area contributed by atoms with E-state index in [0.717, 1.165) is 45.7 Å². The Balaban J connectivity index is 1.46. The molecule has 0 saturated heterocycles. The number of hydrogen-bond acceptors (Lipinski definition) is 3. The minimum atomic E-state index is -0.294. The van der Waals surface area contributed by atoms with Crippen LogP contribution in [0.2, 0.25) is 10.0 Å². The van der Waals surface area contributed by atoms with Gasteiger partial charge in [-0.1, -0.05) is 91.6 Å². The van der Waals surface area contributed by atoms with Crippen molar-refractivity contribution < 1.29 is 9.53 Å². The van der Waals surface area contributed by atoms with Crippen LogP contribution in [0, 0.1) is 5.41 Å². The molecule has 0 radical (unpaired) electrons. The van der Waals surface area contributed by atoms with Crippen LogP contribution in [0.3, 0.4) is 0 Å². The van der Waals surface area contributed by atoms with E-state index in [1.165, 1.54) is 10.8 Å². The summed E-state index contributed by atoms with van der Waals surface area (Å²) in [5.41, 5.74) is 5.97. The molecule has 37 heavy (non-hydrogen) atoms. The number of carbonyl (C=O) groups is 1. The van der Waals surface area contributed by atoms with Gasteiger partial charge >= 0.3 is 0 Å². The molecule has 3 nitrogen and oxygen atoms in total. The first-order chi connectivity index (χ1) is 17.8. The van der Waals surface area contributed by atoms with Crippen molar-refractivity contribution in [3.8, 4) is 5.75 Å². The average molecular weight is 528 g/mol. The van der Waals surface area contributed by atoms with Crippen molar-refractivity contribution in [2.75, 3.05) is 5.32 Å². The Morgan fingerprint density at radius 3 is 2.54 bits per heavy atom. The van der Waals surface area contributed by atoms with Gasteiger partial charge in [-0.15, -0.1) is 0 Å². The molecule has 0 saturated carbocycles. The number of para-hydroxylation sites is 1. The highest BCUT2D eigenvalue weighted by Gasteiger charge is 2.41. The third-order valence-electron chi connectivity index (χ3n) is 7.35. The van der Waals surface area contributed by atoms with Crippen LogP contribution >= 0.6 is 23.2 Å². The maximum atomic E-state index is 13.8. The van der Waals surface area contributed by atoms with Gasteiger partial charge in [0.1, 0.15) is 12.4 Å². The number of carbonyl (C=O) groups excluding carboxylic acids is 1. The number of halogens is 2. The number of rotatable bonds is 4. The number of Topliss-reactive ketones (excluding diaryl/α,β-unsaturated/α-hetero) is 1. The normalized spacial score (nSPS) is 18.3. The molecule has 0 amide bonds. The van der Waals surface area contributed by atoms with Crippen molar-refractivity contribution in [2.24, 2.45) is 5.41 Å². The van der Waals surface area contributed by atoms with Crippen molar-refractivity contribution in [1.82, 2.24) is 0 Å². The summed E-state index contributed by atoms with van der Waals surface area (Å²) in [6.45, 7) is 4.71. The summed E-state index contributed by atoms with van der Waals surface area (Å²) < 4.78 is 6.31. The highest BCUT2D eigenvalue weighted by atomic mass is 35.5. The molecule has 2 aliphatic rings. The SMILES string of the molecule is CC1(C)CC(=O)C2=C(C1)c1c(ccc3ccccc13)N[C@@H]2c1ccccc1OCc1ccc(Cl)c(Cl)c1. The zero-order valence-corrected chi connectivity index (χ0v) is 22.3. The number of nitrogens with one attached hydrogen (secondary N) is 1. The number of anilines is 1. The second-order valence-electron chi connectivity index (χ2n) is 10.7. The highest BCUT2D eigenvalue weighted by molar-refractivity contribution is 6.42. The van der Waals surface area contributed by atoms with E-state index in [-0.39, 0.29) is 17.2 Å². The van der Waals surface area contributed by atoms with Crippen molar-refractivity contribution in [3.63, 3.8) is 0 Å². The van der Waals surface area contributed by atoms with Crippen LogP contribution in [0.25, 0.3) is 16.3 Å². The molecule has 6 rings (SSSR count). The summed E-state index contributed by atoms with van der Waals surface area (Å²) in [6.07, 6.45) is 1.37. The van der Waals surface area contributed by atoms with E-state index in [2.05, 4.69) is 55.6 Å². The van der Waals surface area contributed by atoms with E-state index < -0.39 is 0 Å². The predicted molar refractivity (Wildman–Crippen MR) is 152 cm³/mol. The lowest BCUT2D eigenvalue weighted by atomic mass is 9.68. The Bertz CT molecular complexity index is 1590. The Hall–Kier alpha value is -3.27. The monoisotopic (exact) mass is 527 g/mol. The smallest absolute Gasteiger partial charge is 0.162 e. The van der Waals surface area contributed by atoms with Gasteiger partial charge < -0.3 is 10.1 Å². The lowest BCUT2D eigenvalue weighted by Gasteiger charge is -2.40. The first kappa shape index (κ1) is 24.1. The molecule has 0 aromatic heterocycles. The summed E-state index contributed by atoms with van der Waals surface area (Å²) in [4.78, 5) is 13.8. The molecule has 4 aromatic rings. The molecule has 0 unspecified atom stereocenters. The molecule has 1 aliphatic heterocycles. The lowest BCUT2D eigenvalue weighted by molar-refractivity contribution is -0.118. The van der Waals surface area contributed by atoms with Crippen molar-refractivity contribution in [3.05, 3.63) is 111 Å². The minimum Gasteiger partial charge on any atom is -0.489 e. The molecule has 5 heteroatoms. The van der Waals surface area contributed by atoms with Gasteiger partial charge in [0.05, 0.1) is 16.1 Å². The van der Waals surface area contributed by atoms with E-state index in [0.29, 0.717) is 23.1 Å². The predicted octanol–water partition coefficient (Wildman–Crippen LogP) is 9.04. The largest absolute Gasteiger partial charge is 0.489 e. The van der Waals surface area contributed by atoms with Gasteiger partial charge in [0.2, 0.25) is 0 Å². The fourth-order valence-corrected chi connectivity index (χ4v) is 6.03. The maximum absolute atomic E-state index is 13.8. The second kappa shape index (κ2) is 9.24. The average Bonchev–Trinajstić information content (AvgIpc) is 2.88. The first-order valence-electron chi connectivity index (χ1n) is 12.5. The number of allylic oxidation sites excluding steroid dienone is 1. The molecular weight excluding hydrogens is 501 g/mol. The summed E-state index contributed by atoms with van der Waals surface area (Å²) in [6, 6.07) is 25.9. The third kappa shape index (κ3) is 4.41. The standard InChI is InChI=1S/C32H27Cl2NO2/c1-32(2)16-23-29-21-8-4-3-7-20(21)12-14-26(29)35-31(30(23)27(36)17-32)22-9-5-6-10-28(22)37-18-19-11-13-24(33)25(34)15-19/h3-15,31,35H,16-18H2,1-2H3/t31-/m1/s1. The Morgan fingerprint density at radius 2 is 1.70 bits per heavy atom. The van der Waals surface area contributed by atoms with Gasteiger partial charge in [0.25, 0.3) is 0 Å². The molecule has 4 aromatic carbocycles. The van der Waals surface area contributed by atoms with E-state index in [4.69, 9.17) is 27.9 Å². The lowest BCUT2D eigenvalue weighted by Crippen LogP contribution is -2.33. The van der Waals surface area contributed by atoms with Crippen molar-refractivity contribution in [2.45, 2.75) is 39.3 Å². The Kier molecular flexibility index (Phi) is 6.01. The zero-order chi connectivity index (χ0) is 25.7. The number of ketones is 1. The van der Waals surface area contributed by atoms with Gasteiger partial charge in [-0.25, -0.2) is 0 Å². The highest BCUT2D eigenvalue weighted by Crippen LogP contribution is 2.52. The van der Waals surface area contributed by atoms with E-state index in [1.54, 1.807) is 6.07 Å². The molecule has 186 valence electrons. The molecule has 1 N–H and O–H groups in total. The van der Waals surface area contributed by atoms with Crippen LogP contribution in [0.15, 0.2) is 84.4 Å². The molecular formula is C32H27Cl2NO2. The van der Waals surface area contributed by atoms with Crippen LogP contribution in [-0.2, 0) is 11.4 Å². The fraction of sp³-hybridized carbons (Fsp3) is 0.219. The number of fused-ring (bicyclic) bond motifs is 4. The zero-order valence-electron chi connectivity index (χ0n) is 20.8. The molecule has 1 atom stereocenters. The van der Waals surface area contributed by atoms with Crippen LogP contribution in [0.4, 0.5) is 5.69 Å². The quantitative estimate of drug-likeness (QED) is 0.287. The van der Waals surface area contributed by atoms with Gasteiger partial charge in [-0.2, -0.15) is 0 Å². The van der Waals surface area contributed by atoms with E-state index in [1.807, 2.05) is 36.4 Å². The maximum Gasteiger partial charge on any atom is 0.162 e.